The summed E-state index contributed by atoms with van der Waals surface area (Å²) in [5.41, 5.74) is 0.502. The zero-order valence-electron chi connectivity index (χ0n) is 16.0. The van der Waals surface area contributed by atoms with E-state index in [2.05, 4.69) is 11.1 Å². The first-order valence-corrected chi connectivity index (χ1v) is 9.63. The maximum Gasteiger partial charge on any atom is 0.260 e. The van der Waals surface area contributed by atoms with Crippen LogP contribution in [0.25, 0.3) is 10.8 Å². The Bertz CT molecular complexity index is 1060. The molecule has 1 amide bonds. The van der Waals surface area contributed by atoms with E-state index in [4.69, 9.17) is 14.7 Å². The van der Waals surface area contributed by atoms with Crippen LogP contribution in [0.2, 0.25) is 0 Å². The molecule has 1 aliphatic heterocycles. The number of hydrogen-bond donors (Lipinski definition) is 0. The molecule has 2 aromatic carbocycles. The molecule has 0 bridgehead atoms. The minimum atomic E-state index is -0.144. The number of amides is 1. The molecule has 6 nitrogen and oxygen atoms in total. The van der Waals surface area contributed by atoms with E-state index in [-0.39, 0.29) is 18.6 Å². The Morgan fingerprint density at radius 1 is 1.17 bits per heavy atom. The molecule has 0 unspecified atom stereocenters. The molecule has 1 fully saturated rings. The lowest BCUT2D eigenvalue weighted by molar-refractivity contribution is -0.136. The number of hydrogen-bond acceptors (Lipinski definition) is 5. The van der Waals surface area contributed by atoms with Crippen LogP contribution in [0.3, 0.4) is 0 Å². The van der Waals surface area contributed by atoms with Gasteiger partial charge in [-0.15, -0.1) is 0 Å². The van der Waals surface area contributed by atoms with E-state index in [1.54, 1.807) is 23.2 Å². The quantitative estimate of drug-likeness (QED) is 0.669. The first kappa shape index (κ1) is 18.8. The molecule has 4 rings (SSSR count). The minimum absolute atomic E-state index is 0.00672. The van der Waals surface area contributed by atoms with Crippen molar-refractivity contribution in [3.63, 3.8) is 0 Å². The number of nitrogens with zero attached hydrogens (tertiary/aromatic N) is 3. The molecular formula is C23H21N3O3. The van der Waals surface area contributed by atoms with E-state index < -0.39 is 0 Å². The van der Waals surface area contributed by atoms with Crippen molar-refractivity contribution in [3.8, 4) is 17.7 Å². The van der Waals surface area contributed by atoms with Crippen LogP contribution in [0.5, 0.6) is 11.6 Å². The van der Waals surface area contributed by atoms with Gasteiger partial charge in [-0.2, -0.15) is 5.26 Å². The molecule has 3 aromatic rings. The van der Waals surface area contributed by atoms with Gasteiger partial charge in [0.15, 0.2) is 6.61 Å². The summed E-state index contributed by atoms with van der Waals surface area (Å²) in [4.78, 5) is 18.5. The molecule has 0 saturated carbocycles. The van der Waals surface area contributed by atoms with Gasteiger partial charge in [-0.25, -0.2) is 4.98 Å². The fourth-order valence-corrected chi connectivity index (χ4v) is 3.47. The van der Waals surface area contributed by atoms with Crippen LogP contribution >= 0.6 is 0 Å². The molecule has 1 atom stereocenters. The molecule has 146 valence electrons. The second-order valence-electron chi connectivity index (χ2n) is 7.01. The number of carbonyl (C=O) groups excluding carboxylic acids is 1. The summed E-state index contributed by atoms with van der Waals surface area (Å²) in [5, 5.41) is 11.2. The van der Waals surface area contributed by atoms with Gasteiger partial charge in [0.05, 0.1) is 18.2 Å². The SMILES string of the molecule is N#Cc1ccnc(O[C@@H]2CCCN(C(=O)COc3ccc4ccccc4c3)C2)c1. The van der Waals surface area contributed by atoms with E-state index in [1.165, 1.54) is 0 Å². The number of pyridine rings is 1. The molecule has 29 heavy (non-hydrogen) atoms. The summed E-state index contributed by atoms with van der Waals surface area (Å²) >= 11 is 0. The normalized spacial score (nSPS) is 16.2. The minimum Gasteiger partial charge on any atom is -0.484 e. The van der Waals surface area contributed by atoms with Crippen molar-refractivity contribution < 1.29 is 14.3 Å². The number of aromatic nitrogens is 1. The summed E-state index contributed by atoms with van der Waals surface area (Å²) in [7, 11) is 0. The highest BCUT2D eigenvalue weighted by Crippen LogP contribution is 2.21. The zero-order chi connectivity index (χ0) is 20.1. The molecule has 1 aromatic heterocycles. The average molecular weight is 387 g/mol. The highest BCUT2D eigenvalue weighted by atomic mass is 16.5. The van der Waals surface area contributed by atoms with Crippen molar-refractivity contribution in [2.75, 3.05) is 19.7 Å². The Kier molecular flexibility index (Phi) is 5.57. The third kappa shape index (κ3) is 4.64. The monoisotopic (exact) mass is 387 g/mol. The Morgan fingerprint density at radius 3 is 2.90 bits per heavy atom. The van der Waals surface area contributed by atoms with Crippen molar-refractivity contribution in [3.05, 3.63) is 66.4 Å². The number of benzene rings is 2. The second-order valence-corrected chi connectivity index (χ2v) is 7.01. The molecule has 6 heteroatoms. The number of piperidine rings is 1. The van der Waals surface area contributed by atoms with Gasteiger partial charge in [0.2, 0.25) is 5.88 Å². The van der Waals surface area contributed by atoms with Crippen molar-refractivity contribution in [1.82, 2.24) is 9.88 Å². The van der Waals surface area contributed by atoms with E-state index in [9.17, 15) is 4.79 Å². The molecular weight excluding hydrogens is 366 g/mol. The van der Waals surface area contributed by atoms with E-state index in [1.807, 2.05) is 42.5 Å². The Morgan fingerprint density at radius 2 is 2.03 bits per heavy atom. The van der Waals surface area contributed by atoms with Crippen molar-refractivity contribution in [2.45, 2.75) is 18.9 Å². The molecule has 1 saturated heterocycles. The molecule has 2 heterocycles. The Labute approximate surface area is 169 Å². The zero-order valence-corrected chi connectivity index (χ0v) is 16.0. The molecule has 1 aliphatic rings. The van der Waals surface area contributed by atoms with Crippen LogP contribution in [0.4, 0.5) is 0 Å². The molecule has 0 N–H and O–H groups in total. The highest BCUT2D eigenvalue weighted by Gasteiger charge is 2.25. The van der Waals surface area contributed by atoms with Crippen LogP contribution in [0.1, 0.15) is 18.4 Å². The maximum atomic E-state index is 12.6. The van der Waals surface area contributed by atoms with Crippen molar-refractivity contribution >= 4 is 16.7 Å². The van der Waals surface area contributed by atoms with Crippen LogP contribution < -0.4 is 9.47 Å². The van der Waals surface area contributed by atoms with E-state index in [0.717, 1.165) is 23.6 Å². The van der Waals surface area contributed by atoms with E-state index in [0.29, 0.717) is 30.3 Å². The molecule has 0 aliphatic carbocycles. The lowest BCUT2D eigenvalue weighted by Gasteiger charge is -2.32. The number of carbonyl (C=O) groups is 1. The fraction of sp³-hybridized carbons (Fsp3) is 0.261. The predicted molar refractivity (Wildman–Crippen MR) is 109 cm³/mol. The van der Waals surface area contributed by atoms with Gasteiger partial charge in [0.1, 0.15) is 11.9 Å². The number of fused-ring (bicyclic) bond motifs is 1. The van der Waals surface area contributed by atoms with Gasteiger partial charge >= 0.3 is 0 Å². The van der Waals surface area contributed by atoms with Gasteiger partial charge in [-0.05, 0) is 41.8 Å². The van der Waals surface area contributed by atoms with Gasteiger partial charge in [0.25, 0.3) is 5.91 Å². The van der Waals surface area contributed by atoms with Crippen LogP contribution in [-0.4, -0.2) is 41.6 Å². The van der Waals surface area contributed by atoms with Gasteiger partial charge in [0, 0.05) is 18.8 Å². The number of likely N-dealkylation sites (tertiary alicyclic amines) is 1. The fourth-order valence-electron chi connectivity index (χ4n) is 3.47. The van der Waals surface area contributed by atoms with Crippen LogP contribution in [-0.2, 0) is 4.79 Å². The third-order valence-corrected chi connectivity index (χ3v) is 4.97. The topological polar surface area (TPSA) is 75.5 Å². The summed E-state index contributed by atoms with van der Waals surface area (Å²) < 4.78 is 11.6. The summed E-state index contributed by atoms with van der Waals surface area (Å²) in [6, 6.07) is 19.2. The standard InChI is InChI=1S/C23H21N3O3/c24-14-17-9-10-25-22(12-17)29-21-6-3-11-26(15-21)23(27)16-28-20-8-7-18-4-1-2-5-19(18)13-20/h1-2,4-5,7-10,12-13,21H,3,6,11,15-16H2/t21-/m1/s1. The average Bonchev–Trinajstić information content (AvgIpc) is 2.77. The van der Waals surface area contributed by atoms with Gasteiger partial charge in [-0.1, -0.05) is 30.3 Å². The molecule has 0 radical (unpaired) electrons. The summed E-state index contributed by atoms with van der Waals surface area (Å²) in [6.45, 7) is 1.16. The van der Waals surface area contributed by atoms with Crippen LogP contribution in [0, 0.1) is 11.3 Å². The lowest BCUT2D eigenvalue weighted by Crippen LogP contribution is -2.46. The highest BCUT2D eigenvalue weighted by molar-refractivity contribution is 5.84. The Balaban J connectivity index is 1.33. The summed E-state index contributed by atoms with van der Waals surface area (Å²) in [6.07, 6.45) is 3.10. The van der Waals surface area contributed by atoms with Gasteiger partial charge < -0.3 is 14.4 Å². The maximum absolute atomic E-state index is 12.6. The lowest BCUT2D eigenvalue weighted by atomic mass is 10.1. The Hall–Kier alpha value is -3.59. The number of rotatable bonds is 5. The van der Waals surface area contributed by atoms with Gasteiger partial charge in [-0.3, -0.25) is 4.79 Å². The predicted octanol–water partition coefficient (Wildman–Crippen LogP) is 3.56. The van der Waals surface area contributed by atoms with Crippen LogP contribution in [0.15, 0.2) is 60.8 Å². The van der Waals surface area contributed by atoms with E-state index >= 15 is 0 Å². The number of ether oxygens (including phenoxy) is 2. The third-order valence-electron chi connectivity index (χ3n) is 4.97. The van der Waals surface area contributed by atoms with Crippen molar-refractivity contribution in [2.24, 2.45) is 0 Å². The largest absolute Gasteiger partial charge is 0.484 e. The smallest absolute Gasteiger partial charge is 0.260 e. The molecule has 0 spiro atoms. The van der Waals surface area contributed by atoms with Crippen molar-refractivity contribution in [1.29, 1.82) is 5.26 Å². The summed E-state index contributed by atoms with van der Waals surface area (Å²) in [5.74, 6) is 1.03. The number of nitriles is 1. The second kappa shape index (κ2) is 8.61. The first-order chi connectivity index (χ1) is 14.2. The first-order valence-electron chi connectivity index (χ1n) is 9.63.